The molecule has 2 amide bonds. The molecule has 234 valence electrons. The number of benzene rings is 2. The number of esters is 1. The first kappa shape index (κ1) is 34.5. The molecule has 1 aliphatic heterocycles. The number of fused-ring (bicyclic) bond motifs is 1. The van der Waals surface area contributed by atoms with Gasteiger partial charge in [0.25, 0.3) is 5.91 Å². The van der Waals surface area contributed by atoms with Gasteiger partial charge in [0, 0.05) is 20.8 Å². The molecule has 2 aromatic carbocycles. The summed E-state index contributed by atoms with van der Waals surface area (Å²) in [5, 5.41) is 19.1. The van der Waals surface area contributed by atoms with Crippen LogP contribution >= 0.6 is 23.2 Å². The van der Waals surface area contributed by atoms with Crippen molar-refractivity contribution >= 4 is 46.6 Å². The Kier molecular flexibility index (Phi) is 11.4. The second kappa shape index (κ2) is 14.2. The Labute approximate surface area is 262 Å². The molecule has 3 rings (SSSR count). The monoisotopic (exact) mass is 633 g/mol. The molecule has 11 heteroatoms. The van der Waals surface area contributed by atoms with Crippen LogP contribution in [0.5, 0.6) is 0 Å². The van der Waals surface area contributed by atoms with E-state index in [1.165, 1.54) is 0 Å². The maximum atomic E-state index is 13.6. The van der Waals surface area contributed by atoms with Crippen LogP contribution in [0.1, 0.15) is 60.5 Å². The van der Waals surface area contributed by atoms with E-state index in [9.17, 15) is 19.5 Å². The number of nitrogens with one attached hydrogen (secondary N) is 2. The third-order valence-electron chi connectivity index (χ3n) is 7.26. The number of ether oxygens (including phenoxy) is 2. The number of nitrogens with zero attached hydrogens (tertiary/aromatic N) is 1. The van der Waals surface area contributed by atoms with Crippen molar-refractivity contribution in [1.82, 2.24) is 10.6 Å². The van der Waals surface area contributed by atoms with Crippen LogP contribution in [0.4, 0.5) is 0 Å². The molecule has 0 fully saturated rings. The number of aliphatic hydroxyl groups excluding tert-OH is 1. The summed E-state index contributed by atoms with van der Waals surface area (Å²) in [7, 11) is 0. The quantitative estimate of drug-likeness (QED) is 0.307. The molecule has 3 N–H and O–H groups in total. The van der Waals surface area contributed by atoms with Gasteiger partial charge < -0.3 is 25.2 Å². The van der Waals surface area contributed by atoms with E-state index in [2.05, 4.69) is 15.6 Å². The van der Waals surface area contributed by atoms with E-state index in [-0.39, 0.29) is 25.6 Å². The zero-order chi connectivity index (χ0) is 32.1. The molecule has 9 nitrogen and oxygen atoms in total. The molecular formula is C32H41Cl2N3O6. The minimum Gasteiger partial charge on any atom is -0.460 e. The number of rotatable bonds is 12. The highest BCUT2D eigenvalue weighted by Crippen LogP contribution is 2.26. The number of hydrogen-bond donors (Lipinski definition) is 3. The van der Waals surface area contributed by atoms with Gasteiger partial charge in [-0.25, -0.2) is 0 Å². The lowest BCUT2D eigenvalue weighted by molar-refractivity contribution is -0.156. The lowest BCUT2D eigenvalue weighted by Crippen LogP contribution is -2.58. The van der Waals surface area contributed by atoms with Crippen LogP contribution in [0.2, 0.25) is 10.0 Å². The average molecular weight is 635 g/mol. The minimum absolute atomic E-state index is 0.00761. The second-order valence-corrected chi connectivity index (χ2v) is 13.0. The molecule has 0 radical (unpaired) electrons. The van der Waals surface area contributed by atoms with Crippen molar-refractivity contribution in [3.8, 4) is 0 Å². The van der Waals surface area contributed by atoms with Crippen LogP contribution in [-0.4, -0.2) is 58.8 Å². The predicted molar refractivity (Wildman–Crippen MR) is 166 cm³/mol. The number of aliphatic hydroxyl groups is 1. The Morgan fingerprint density at radius 1 is 1.02 bits per heavy atom. The summed E-state index contributed by atoms with van der Waals surface area (Å²) in [6.07, 6.45) is -1.62. The molecule has 43 heavy (non-hydrogen) atoms. The van der Waals surface area contributed by atoms with Crippen molar-refractivity contribution in [1.29, 1.82) is 0 Å². The molecule has 1 aliphatic rings. The van der Waals surface area contributed by atoms with Gasteiger partial charge >= 0.3 is 5.97 Å². The fourth-order valence-electron chi connectivity index (χ4n) is 4.70. The van der Waals surface area contributed by atoms with Crippen molar-refractivity contribution in [3.05, 3.63) is 68.6 Å². The van der Waals surface area contributed by atoms with E-state index in [4.69, 9.17) is 32.7 Å². The van der Waals surface area contributed by atoms with E-state index in [1.807, 2.05) is 31.2 Å². The number of hydrogen-bond acceptors (Lipinski definition) is 7. The molecule has 2 aromatic rings. The maximum Gasteiger partial charge on any atom is 0.308 e. The molecular weight excluding hydrogens is 593 g/mol. The normalized spacial score (nSPS) is 18.3. The van der Waals surface area contributed by atoms with Crippen molar-refractivity contribution < 1.29 is 29.0 Å². The largest absolute Gasteiger partial charge is 0.460 e. The zero-order valence-corrected chi connectivity index (χ0v) is 27.2. The summed E-state index contributed by atoms with van der Waals surface area (Å²) in [4.78, 5) is 44.6. The van der Waals surface area contributed by atoms with E-state index in [0.717, 1.165) is 10.8 Å². The highest BCUT2D eigenvalue weighted by molar-refractivity contribution is 6.35. The van der Waals surface area contributed by atoms with Gasteiger partial charge in [0.15, 0.2) is 5.54 Å². The Bertz CT molecular complexity index is 1450. The van der Waals surface area contributed by atoms with Crippen LogP contribution in [0, 0.1) is 5.92 Å². The number of amides is 2. The van der Waals surface area contributed by atoms with Gasteiger partial charge in [0.1, 0.15) is 11.6 Å². The summed E-state index contributed by atoms with van der Waals surface area (Å²) in [5.74, 6) is -1.94. The standard InChI is InChI=1S/C32H41Cl2N3O6/c1-18(2)28(36-30(41)32(7)19(3)20-11-8-9-14-24(20)37-32)29(40)35-25(15-27(39)43-31(4,5)6)26(38)17-42-16-21-22(33)12-10-13-23(21)34/h8-14,18,25-26,28,38H,15-17H2,1-7H3,(H,35,40)(H,36,41)/t25?,26?,28-,32?/m0/s1. The van der Waals surface area contributed by atoms with Crippen molar-refractivity contribution in [2.24, 2.45) is 10.9 Å². The van der Waals surface area contributed by atoms with Crippen LogP contribution < -0.4 is 21.2 Å². The molecule has 0 spiro atoms. The zero-order valence-electron chi connectivity index (χ0n) is 25.7. The Morgan fingerprint density at radius 2 is 1.65 bits per heavy atom. The third-order valence-corrected chi connectivity index (χ3v) is 7.96. The first-order valence-corrected chi connectivity index (χ1v) is 15.0. The van der Waals surface area contributed by atoms with Crippen molar-refractivity contribution in [2.45, 2.75) is 90.8 Å². The van der Waals surface area contributed by atoms with E-state index in [0.29, 0.717) is 21.0 Å². The number of para-hydroxylation sites is 1. The van der Waals surface area contributed by atoms with E-state index < -0.39 is 47.1 Å². The SMILES string of the molecule is CC1=c2ccccc2=NC1(C)C(=O)N[C@H](C(=O)NC(CC(=O)OC(C)(C)C)C(O)COCc1c(Cl)cccc1Cl)C(C)C. The number of halogens is 2. The van der Waals surface area contributed by atoms with E-state index in [1.54, 1.807) is 59.7 Å². The summed E-state index contributed by atoms with van der Waals surface area (Å²) in [5.41, 5.74) is -0.638. The lowest BCUT2D eigenvalue weighted by atomic mass is 9.91. The molecule has 0 saturated carbocycles. The highest BCUT2D eigenvalue weighted by atomic mass is 35.5. The van der Waals surface area contributed by atoms with Crippen LogP contribution in [0.3, 0.4) is 0 Å². The fourth-order valence-corrected chi connectivity index (χ4v) is 5.21. The predicted octanol–water partition coefficient (Wildman–Crippen LogP) is 3.49. The first-order chi connectivity index (χ1) is 20.0. The Morgan fingerprint density at radius 3 is 2.23 bits per heavy atom. The third kappa shape index (κ3) is 8.79. The van der Waals surface area contributed by atoms with Gasteiger partial charge in [-0.1, -0.05) is 61.3 Å². The smallest absolute Gasteiger partial charge is 0.308 e. The van der Waals surface area contributed by atoms with Gasteiger partial charge in [-0.15, -0.1) is 0 Å². The van der Waals surface area contributed by atoms with Gasteiger partial charge in [-0.2, -0.15) is 0 Å². The second-order valence-electron chi connectivity index (χ2n) is 12.2. The van der Waals surface area contributed by atoms with Crippen molar-refractivity contribution in [2.75, 3.05) is 6.61 Å². The molecule has 4 atom stereocenters. The fraction of sp³-hybridized carbons (Fsp3) is 0.500. The van der Waals surface area contributed by atoms with Crippen molar-refractivity contribution in [3.63, 3.8) is 0 Å². The Hall–Kier alpha value is -2.98. The molecule has 0 saturated heterocycles. The molecule has 0 aromatic heterocycles. The van der Waals surface area contributed by atoms with E-state index >= 15 is 0 Å². The first-order valence-electron chi connectivity index (χ1n) is 14.2. The molecule has 3 unspecified atom stereocenters. The van der Waals surface area contributed by atoms with Gasteiger partial charge in [0.05, 0.1) is 37.1 Å². The Balaban J connectivity index is 1.76. The van der Waals surface area contributed by atoms with Crippen LogP contribution in [-0.2, 0) is 30.5 Å². The number of carbonyl (C=O) groups excluding carboxylic acids is 3. The summed E-state index contributed by atoms with van der Waals surface area (Å²) >= 11 is 12.4. The minimum atomic E-state index is -1.30. The van der Waals surface area contributed by atoms with Gasteiger partial charge in [-0.05, 0) is 64.3 Å². The molecule has 1 heterocycles. The molecule has 0 bridgehead atoms. The van der Waals surface area contributed by atoms with Gasteiger partial charge in [0.2, 0.25) is 5.91 Å². The maximum absolute atomic E-state index is 13.6. The number of carbonyl (C=O) groups is 3. The highest BCUT2D eigenvalue weighted by Gasteiger charge is 2.40. The summed E-state index contributed by atoms with van der Waals surface area (Å²) in [6.45, 7) is 12.1. The topological polar surface area (TPSA) is 126 Å². The van der Waals surface area contributed by atoms with Crippen LogP contribution in [0.15, 0.2) is 47.5 Å². The summed E-state index contributed by atoms with van der Waals surface area (Å²) in [6, 6.07) is 10.5. The average Bonchev–Trinajstić information content (AvgIpc) is 3.17. The lowest BCUT2D eigenvalue weighted by Gasteiger charge is -2.31. The summed E-state index contributed by atoms with van der Waals surface area (Å²) < 4.78 is 11.1. The van der Waals surface area contributed by atoms with Gasteiger partial charge in [-0.3, -0.25) is 19.4 Å². The van der Waals surface area contributed by atoms with Crippen LogP contribution in [0.25, 0.3) is 5.57 Å². The molecule has 0 aliphatic carbocycles.